The van der Waals surface area contributed by atoms with Gasteiger partial charge in [0.15, 0.2) is 0 Å². The van der Waals surface area contributed by atoms with Crippen molar-refractivity contribution in [1.82, 2.24) is 34.6 Å². The molecule has 2 amide bonds. The molecule has 1 aromatic carbocycles. The number of aromatic carboxylic acids is 1. The Hall–Kier alpha value is -4.98. The number of likely N-dealkylation sites (N-methyl/N-ethyl adjacent to an activating group) is 1. The van der Waals surface area contributed by atoms with Crippen molar-refractivity contribution in [2.45, 2.75) is 39.7 Å². The van der Waals surface area contributed by atoms with Crippen LogP contribution in [0.5, 0.6) is 0 Å². The average Bonchev–Trinajstić information content (AvgIpc) is 3.63. The Balaban J connectivity index is 1.42. The largest absolute Gasteiger partial charge is 0.477 e. The topological polar surface area (TPSA) is 146 Å². The smallest absolute Gasteiger partial charge is 0.341 e. The van der Waals surface area contributed by atoms with E-state index in [0.29, 0.717) is 39.7 Å². The number of anilines is 1. The van der Waals surface area contributed by atoms with Crippen molar-refractivity contribution in [2.75, 3.05) is 51.1 Å². The Morgan fingerprint density at radius 3 is 2.58 bits per heavy atom. The van der Waals surface area contributed by atoms with Crippen LogP contribution in [0.3, 0.4) is 0 Å². The number of carbonyl (C=O) groups excluding carboxylic acids is 1. The Kier molecular flexibility index (Phi) is 11.0. The molecular weight excluding hydrogens is 653 g/mol. The first-order valence-corrected chi connectivity index (χ1v) is 18.0. The van der Waals surface area contributed by atoms with Crippen LogP contribution >= 0.6 is 11.3 Å². The van der Waals surface area contributed by atoms with Crippen LogP contribution in [-0.2, 0) is 0 Å². The molecule has 3 N–H and O–H groups in total. The highest BCUT2D eigenvalue weighted by Crippen LogP contribution is 2.37. The summed E-state index contributed by atoms with van der Waals surface area (Å²) in [6, 6.07) is 12.9. The number of aromatic nitrogens is 4. The number of likely N-dealkylation sites (tertiary alicyclic amines) is 1. The van der Waals surface area contributed by atoms with Gasteiger partial charge in [-0.15, -0.1) is 11.3 Å². The minimum Gasteiger partial charge on any atom is -0.477 e. The van der Waals surface area contributed by atoms with Gasteiger partial charge in [-0.3, -0.25) is 10.1 Å². The van der Waals surface area contributed by atoms with Crippen molar-refractivity contribution in [3.63, 3.8) is 0 Å². The van der Waals surface area contributed by atoms with Crippen LogP contribution in [-0.4, -0.2) is 92.2 Å². The lowest BCUT2D eigenvalue weighted by Gasteiger charge is -2.35. The summed E-state index contributed by atoms with van der Waals surface area (Å²) >= 11 is 1.45. The summed E-state index contributed by atoms with van der Waals surface area (Å²) in [6.07, 6.45) is 6.60. The van der Waals surface area contributed by atoms with E-state index in [-0.39, 0.29) is 23.0 Å². The molecule has 5 aromatic rings. The average molecular weight is 695 g/mol. The number of urea groups is 1. The van der Waals surface area contributed by atoms with Crippen LogP contribution in [0.2, 0.25) is 0 Å². The highest BCUT2D eigenvalue weighted by Gasteiger charge is 2.26. The fraction of sp³-hybridized carbons (Fsp3) is 0.351. The first-order chi connectivity index (χ1) is 24.3. The van der Waals surface area contributed by atoms with Crippen LogP contribution < -0.4 is 16.1 Å². The highest BCUT2D eigenvalue weighted by atomic mass is 32.1. The number of benzene rings is 1. The Morgan fingerprint density at radius 1 is 1.04 bits per heavy atom. The van der Waals surface area contributed by atoms with E-state index in [1.165, 1.54) is 17.5 Å². The maximum Gasteiger partial charge on any atom is 0.341 e. The standard InChI is InChI=1S/C37H42N8O4S/c1-4-38-37(49)42-32-18-27(35-41-31(23-50-35)24-11-8-7-9-12-24)29(20-39-32)25-17-28-33(46)30(36(47)48)22-45(34(28)40-19-25)26-13-10-14-44(21-26)16-15-43(5-2)6-3/h7-9,11-12,17-20,22-23,26H,4-6,10,13-16,21H2,1-3H3,(H,47,48)(H2,38,39,42,49). The zero-order chi connectivity index (χ0) is 35.2. The Labute approximate surface area is 294 Å². The van der Waals surface area contributed by atoms with Crippen LogP contribution in [0, 0.1) is 0 Å². The maximum atomic E-state index is 13.7. The third-order valence-electron chi connectivity index (χ3n) is 9.20. The maximum absolute atomic E-state index is 13.7. The van der Waals surface area contributed by atoms with Crippen molar-refractivity contribution < 1.29 is 14.7 Å². The molecule has 1 atom stereocenters. The number of carboxylic acids is 1. The summed E-state index contributed by atoms with van der Waals surface area (Å²) in [5.41, 5.74) is 3.25. The number of thiazole rings is 1. The van der Waals surface area contributed by atoms with Gasteiger partial charge in [0, 0.05) is 78.4 Å². The normalized spacial score (nSPS) is 15.0. The summed E-state index contributed by atoms with van der Waals surface area (Å²) in [4.78, 5) is 57.5. The van der Waals surface area contributed by atoms with Crippen molar-refractivity contribution >= 4 is 40.2 Å². The fourth-order valence-corrected chi connectivity index (χ4v) is 7.35. The lowest BCUT2D eigenvalue weighted by atomic mass is 10.0. The van der Waals surface area contributed by atoms with Crippen molar-refractivity contribution in [3.8, 4) is 33.0 Å². The van der Waals surface area contributed by atoms with Crippen molar-refractivity contribution in [3.05, 3.63) is 82.2 Å². The summed E-state index contributed by atoms with van der Waals surface area (Å²) in [6.45, 7) is 12.2. The van der Waals surface area contributed by atoms with E-state index in [9.17, 15) is 19.5 Å². The van der Waals surface area contributed by atoms with Gasteiger partial charge in [0.2, 0.25) is 5.43 Å². The van der Waals surface area contributed by atoms with Crippen LogP contribution in [0.4, 0.5) is 10.6 Å². The molecule has 0 saturated carbocycles. The molecule has 0 spiro atoms. The van der Waals surface area contributed by atoms with Crippen LogP contribution in [0.25, 0.3) is 44.0 Å². The molecule has 0 aliphatic carbocycles. The van der Waals surface area contributed by atoms with E-state index in [2.05, 4.69) is 39.3 Å². The summed E-state index contributed by atoms with van der Waals surface area (Å²) in [7, 11) is 0. The van der Waals surface area contributed by atoms with Gasteiger partial charge in [0.1, 0.15) is 22.0 Å². The molecule has 1 aliphatic heterocycles. The number of nitrogens with one attached hydrogen (secondary N) is 2. The number of pyridine rings is 3. The van der Waals surface area contributed by atoms with Gasteiger partial charge in [-0.25, -0.2) is 24.5 Å². The molecule has 4 aromatic heterocycles. The van der Waals surface area contributed by atoms with Gasteiger partial charge in [0.25, 0.3) is 0 Å². The molecule has 0 radical (unpaired) electrons. The zero-order valence-corrected chi connectivity index (χ0v) is 29.4. The van der Waals surface area contributed by atoms with Gasteiger partial charge in [-0.2, -0.15) is 0 Å². The molecule has 0 bridgehead atoms. The first-order valence-electron chi connectivity index (χ1n) is 17.1. The van der Waals surface area contributed by atoms with E-state index in [1.54, 1.807) is 24.5 Å². The number of carbonyl (C=O) groups is 2. The number of rotatable bonds is 12. The molecule has 5 heterocycles. The minimum atomic E-state index is -1.27. The molecule has 6 rings (SSSR count). The second kappa shape index (κ2) is 15.7. The molecule has 1 aliphatic rings. The number of fused-ring (bicyclic) bond motifs is 1. The van der Waals surface area contributed by atoms with Gasteiger partial charge >= 0.3 is 12.0 Å². The molecule has 1 saturated heterocycles. The first kappa shape index (κ1) is 34.9. The van der Waals surface area contributed by atoms with E-state index >= 15 is 0 Å². The number of hydrogen-bond donors (Lipinski definition) is 3. The van der Waals surface area contributed by atoms with Crippen LogP contribution in [0.15, 0.2) is 71.2 Å². The van der Waals surface area contributed by atoms with Crippen molar-refractivity contribution in [2.24, 2.45) is 0 Å². The number of nitrogens with zero attached hydrogens (tertiary/aromatic N) is 6. The lowest BCUT2D eigenvalue weighted by Crippen LogP contribution is -2.41. The number of piperidine rings is 1. The van der Waals surface area contributed by atoms with E-state index in [1.807, 2.05) is 47.2 Å². The molecule has 12 nitrogen and oxygen atoms in total. The Bertz CT molecular complexity index is 2040. The number of amides is 2. The fourth-order valence-electron chi connectivity index (χ4n) is 6.49. The van der Waals surface area contributed by atoms with Crippen molar-refractivity contribution in [1.29, 1.82) is 0 Å². The summed E-state index contributed by atoms with van der Waals surface area (Å²) < 4.78 is 1.89. The van der Waals surface area contributed by atoms with Gasteiger partial charge < -0.3 is 24.8 Å². The molecule has 260 valence electrons. The van der Waals surface area contributed by atoms with Gasteiger partial charge in [0.05, 0.1) is 11.1 Å². The highest BCUT2D eigenvalue weighted by molar-refractivity contribution is 7.13. The van der Waals surface area contributed by atoms with E-state index < -0.39 is 11.4 Å². The summed E-state index contributed by atoms with van der Waals surface area (Å²) in [5.74, 6) is -0.942. The third-order valence-corrected chi connectivity index (χ3v) is 10.1. The lowest BCUT2D eigenvalue weighted by molar-refractivity contribution is 0.0694. The number of hydrogen-bond acceptors (Lipinski definition) is 9. The summed E-state index contributed by atoms with van der Waals surface area (Å²) in [5, 5.41) is 18.5. The molecule has 1 unspecified atom stereocenters. The van der Waals surface area contributed by atoms with E-state index in [0.717, 1.165) is 63.4 Å². The second-order valence-electron chi connectivity index (χ2n) is 12.3. The van der Waals surface area contributed by atoms with Gasteiger partial charge in [-0.1, -0.05) is 44.2 Å². The monoisotopic (exact) mass is 694 g/mol. The molecule has 13 heteroatoms. The zero-order valence-electron chi connectivity index (χ0n) is 28.6. The third kappa shape index (κ3) is 7.59. The molecular formula is C37H42N8O4S. The molecule has 50 heavy (non-hydrogen) atoms. The predicted molar refractivity (Wildman–Crippen MR) is 198 cm³/mol. The Morgan fingerprint density at radius 2 is 1.84 bits per heavy atom. The SMILES string of the molecule is CCNC(=O)Nc1cc(-c2nc(-c3ccccc3)cs2)c(-c2cnc3c(c2)c(=O)c(C(=O)O)cn3C2CCCN(CCN(CC)CC)C2)cn1. The van der Waals surface area contributed by atoms with Gasteiger partial charge in [-0.05, 0) is 51.5 Å². The van der Waals surface area contributed by atoms with E-state index in [4.69, 9.17) is 9.97 Å². The molecule has 1 fully saturated rings. The predicted octanol–water partition coefficient (Wildman–Crippen LogP) is 6.07. The minimum absolute atomic E-state index is 0.0383. The second-order valence-corrected chi connectivity index (χ2v) is 13.2. The number of carboxylic acid groups (broad SMARTS) is 1. The van der Waals surface area contributed by atoms with Crippen LogP contribution in [0.1, 0.15) is 50.0 Å². The quantitative estimate of drug-likeness (QED) is 0.142.